The third-order valence-corrected chi connectivity index (χ3v) is 4.72. The Kier molecular flexibility index (Phi) is 4.35. The van der Waals surface area contributed by atoms with Crippen molar-refractivity contribution in [2.45, 2.75) is 37.3 Å². The molecule has 1 aliphatic carbocycles. The van der Waals surface area contributed by atoms with Crippen LogP contribution in [-0.2, 0) is 4.79 Å². The van der Waals surface area contributed by atoms with E-state index in [2.05, 4.69) is 5.32 Å². The van der Waals surface area contributed by atoms with E-state index in [0.717, 1.165) is 56.0 Å². The standard InChI is InChI=1S/C17H25N3O3/c1-22-14-9-13(10-15(11-14)23-2)19-12-3-7-20(8-4-12)16(21)17(18)5-6-17/h9-12,19H,3-8,18H2,1-2H3. The number of nitrogens with zero attached hydrogens (tertiary/aromatic N) is 1. The van der Waals surface area contributed by atoms with Crippen LogP contribution >= 0.6 is 0 Å². The van der Waals surface area contributed by atoms with Gasteiger partial charge in [-0.15, -0.1) is 0 Å². The molecule has 23 heavy (non-hydrogen) atoms. The highest BCUT2D eigenvalue weighted by Gasteiger charge is 2.48. The molecular formula is C17H25N3O3. The number of anilines is 1. The lowest BCUT2D eigenvalue weighted by molar-refractivity contribution is -0.134. The molecule has 6 heteroatoms. The summed E-state index contributed by atoms with van der Waals surface area (Å²) in [4.78, 5) is 14.2. The van der Waals surface area contributed by atoms with E-state index in [1.165, 1.54) is 0 Å². The van der Waals surface area contributed by atoms with Crippen LogP contribution in [-0.4, -0.2) is 49.7 Å². The van der Waals surface area contributed by atoms with Crippen molar-refractivity contribution in [2.24, 2.45) is 5.73 Å². The molecule has 3 rings (SSSR count). The fourth-order valence-corrected chi connectivity index (χ4v) is 3.02. The van der Waals surface area contributed by atoms with Gasteiger partial charge in [0.2, 0.25) is 5.91 Å². The highest BCUT2D eigenvalue weighted by molar-refractivity contribution is 5.89. The van der Waals surface area contributed by atoms with Crippen LogP contribution < -0.4 is 20.5 Å². The Morgan fingerprint density at radius 1 is 1.17 bits per heavy atom. The first-order valence-electron chi connectivity index (χ1n) is 8.12. The molecule has 1 aliphatic heterocycles. The van der Waals surface area contributed by atoms with Gasteiger partial charge in [0, 0.05) is 43.0 Å². The van der Waals surface area contributed by atoms with Gasteiger partial charge >= 0.3 is 0 Å². The molecule has 1 aromatic carbocycles. The largest absolute Gasteiger partial charge is 0.497 e. The number of rotatable bonds is 5. The van der Waals surface area contributed by atoms with Gasteiger partial charge in [-0.25, -0.2) is 0 Å². The van der Waals surface area contributed by atoms with Gasteiger partial charge in [0.05, 0.1) is 19.8 Å². The summed E-state index contributed by atoms with van der Waals surface area (Å²) in [5.41, 5.74) is 6.43. The van der Waals surface area contributed by atoms with Crippen LogP contribution in [0.15, 0.2) is 18.2 Å². The quantitative estimate of drug-likeness (QED) is 0.862. The predicted molar refractivity (Wildman–Crippen MR) is 88.9 cm³/mol. The van der Waals surface area contributed by atoms with E-state index in [0.29, 0.717) is 6.04 Å². The van der Waals surface area contributed by atoms with Crippen LogP contribution in [0.4, 0.5) is 5.69 Å². The van der Waals surface area contributed by atoms with Crippen molar-refractivity contribution in [1.82, 2.24) is 4.90 Å². The summed E-state index contributed by atoms with van der Waals surface area (Å²) in [7, 11) is 3.28. The number of benzene rings is 1. The van der Waals surface area contributed by atoms with Crippen molar-refractivity contribution in [1.29, 1.82) is 0 Å². The summed E-state index contributed by atoms with van der Waals surface area (Å²) in [6.07, 6.45) is 3.49. The molecule has 1 heterocycles. The molecular weight excluding hydrogens is 294 g/mol. The fourth-order valence-electron chi connectivity index (χ4n) is 3.02. The highest BCUT2D eigenvalue weighted by atomic mass is 16.5. The number of carbonyl (C=O) groups is 1. The average Bonchev–Trinajstić information content (AvgIpc) is 3.33. The second-order valence-electron chi connectivity index (χ2n) is 6.47. The van der Waals surface area contributed by atoms with Crippen LogP contribution in [0.1, 0.15) is 25.7 Å². The summed E-state index contributed by atoms with van der Waals surface area (Å²) in [5.74, 6) is 1.65. The maximum atomic E-state index is 12.3. The minimum atomic E-state index is -0.555. The number of hydrogen-bond acceptors (Lipinski definition) is 5. The number of ether oxygens (including phenoxy) is 2. The van der Waals surface area contributed by atoms with Gasteiger partial charge in [-0.05, 0) is 25.7 Å². The molecule has 0 spiro atoms. The van der Waals surface area contributed by atoms with E-state index in [1.54, 1.807) is 14.2 Å². The van der Waals surface area contributed by atoms with Crippen LogP contribution in [0.3, 0.4) is 0 Å². The Morgan fingerprint density at radius 3 is 2.22 bits per heavy atom. The predicted octanol–water partition coefficient (Wildman–Crippen LogP) is 1.60. The van der Waals surface area contributed by atoms with Crippen molar-refractivity contribution in [3.63, 3.8) is 0 Å². The Bertz CT molecular complexity index is 556. The maximum Gasteiger partial charge on any atom is 0.242 e. The Labute approximate surface area is 136 Å². The van der Waals surface area contributed by atoms with Crippen LogP contribution in [0.5, 0.6) is 11.5 Å². The highest BCUT2D eigenvalue weighted by Crippen LogP contribution is 2.35. The Morgan fingerprint density at radius 2 is 1.74 bits per heavy atom. The van der Waals surface area contributed by atoms with E-state index in [9.17, 15) is 4.79 Å². The van der Waals surface area contributed by atoms with Gasteiger partial charge in [-0.3, -0.25) is 4.79 Å². The van der Waals surface area contributed by atoms with Crippen molar-refractivity contribution in [3.05, 3.63) is 18.2 Å². The summed E-state index contributed by atoms with van der Waals surface area (Å²) in [6, 6.07) is 6.10. The first-order chi connectivity index (χ1) is 11.0. The smallest absolute Gasteiger partial charge is 0.242 e. The molecule has 126 valence electrons. The Hall–Kier alpha value is -1.95. The number of likely N-dealkylation sites (tertiary alicyclic amines) is 1. The first-order valence-corrected chi connectivity index (χ1v) is 8.12. The lowest BCUT2D eigenvalue weighted by atomic mass is 10.0. The van der Waals surface area contributed by atoms with Gasteiger partial charge in [-0.1, -0.05) is 0 Å². The molecule has 3 N–H and O–H groups in total. The van der Waals surface area contributed by atoms with Crippen molar-refractivity contribution >= 4 is 11.6 Å². The number of carbonyl (C=O) groups excluding carboxylic acids is 1. The molecule has 2 fully saturated rings. The molecule has 1 amide bonds. The zero-order valence-electron chi connectivity index (χ0n) is 13.8. The molecule has 2 aliphatic rings. The van der Waals surface area contributed by atoms with Crippen LogP contribution in [0.2, 0.25) is 0 Å². The van der Waals surface area contributed by atoms with E-state index >= 15 is 0 Å². The molecule has 0 radical (unpaired) electrons. The van der Waals surface area contributed by atoms with Gasteiger partial charge in [0.1, 0.15) is 11.5 Å². The lowest BCUT2D eigenvalue weighted by Crippen LogP contribution is -2.50. The number of nitrogens with one attached hydrogen (secondary N) is 1. The first kappa shape index (κ1) is 15.9. The second kappa shape index (κ2) is 6.28. The van der Waals surface area contributed by atoms with Crippen LogP contribution in [0, 0.1) is 0 Å². The molecule has 0 bridgehead atoms. The maximum absolute atomic E-state index is 12.3. The van der Waals surface area contributed by atoms with E-state index in [1.807, 2.05) is 23.1 Å². The minimum absolute atomic E-state index is 0.124. The van der Waals surface area contributed by atoms with Crippen molar-refractivity contribution in [2.75, 3.05) is 32.6 Å². The molecule has 0 atom stereocenters. The summed E-state index contributed by atoms with van der Waals surface area (Å²) in [6.45, 7) is 1.52. The summed E-state index contributed by atoms with van der Waals surface area (Å²) >= 11 is 0. The fraction of sp³-hybridized carbons (Fsp3) is 0.588. The van der Waals surface area contributed by atoms with E-state index < -0.39 is 5.54 Å². The van der Waals surface area contributed by atoms with Crippen molar-refractivity contribution in [3.8, 4) is 11.5 Å². The third-order valence-electron chi connectivity index (χ3n) is 4.72. The summed E-state index contributed by atoms with van der Waals surface area (Å²) < 4.78 is 10.6. The number of hydrogen-bond donors (Lipinski definition) is 2. The lowest BCUT2D eigenvalue weighted by Gasteiger charge is -2.34. The van der Waals surface area contributed by atoms with Gasteiger partial charge in [0.15, 0.2) is 0 Å². The molecule has 1 aromatic rings. The monoisotopic (exact) mass is 319 g/mol. The molecule has 1 saturated heterocycles. The minimum Gasteiger partial charge on any atom is -0.497 e. The molecule has 0 aromatic heterocycles. The normalized spacial score (nSPS) is 20.0. The zero-order valence-corrected chi connectivity index (χ0v) is 13.8. The zero-order chi connectivity index (χ0) is 16.4. The topological polar surface area (TPSA) is 76.8 Å². The average molecular weight is 319 g/mol. The number of nitrogens with two attached hydrogens (primary N) is 1. The van der Waals surface area contributed by atoms with E-state index in [4.69, 9.17) is 15.2 Å². The van der Waals surface area contributed by atoms with Gasteiger partial charge < -0.3 is 25.4 Å². The SMILES string of the molecule is COc1cc(NC2CCN(C(=O)C3(N)CC3)CC2)cc(OC)c1. The number of piperidine rings is 1. The van der Waals surface area contributed by atoms with E-state index in [-0.39, 0.29) is 5.91 Å². The summed E-state index contributed by atoms with van der Waals surface area (Å²) in [5, 5.41) is 3.51. The number of methoxy groups -OCH3 is 2. The molecule has 1 saturated carbocycles. The molecule has 6 nitrogen and oxygen atoms in total. The second-order valence-corrected chi connectivity index (χ2v) is 6.47. The van der Waals surface area contributed by atoms with Gasteiger partial charge in [-0.2, -0.15) is 0 Å². The van der Waals surface area contributed by atoms with Gasteiger partial charge in [0.25, 0.3) is 0 Å². The molecule has 0 unspecified atom stereocenters. The van der Waals surface area contributed by atoms with Crippen LogP contribution in [0.25, 0.3) is 0 Å². The number of amides is 1. The Balaban J connectivity index is 1.57. The third kappa shape index (κ3) is 3.52. The van der Waals surface area contributed by atoms with Crippen molar-refractivity contribution < 1.29 is 14.3 Å².